The highest BCUT2D eigenvalue weighted by Crippen LogP contribution is 2.41. The lowest BCUT2D eigenvalue weighted by molar-refractivity contribution is -0.142. The molecule has 0 bridgehead atoms. The molecule has 4 rings (SSSR count). The second kappa shape index (κ2) is 19.9. The lowest BCUT2D eigenvalue weighted by Crippen LogP contribution is -2.14. The monoisotopic (exact) mass is 714 g/mol. The first-order chi connectivity index (χ1) is 23.7. The smallest absolute Gasteiger partial charge is 0.323 e. The first kappa shape index (κ1) is 39.5. The van der Waals surface area contributed by atoms with Crippen LogP contribution in [0.1, 0.15) is 50.8 Å². The van der Waals surface area contributed by atoms with Crippen LogP contribution in [0.3, 0.4) is 0 Å². The van der Waals surface area contributed by atoms with E-state index in [9.17, 15) is 40.5 Å². The van der Waals surface area contributed by atoms with E-state index in [1.165, 1.54) is 37.7 Å². The Labute approximate surface area is 293 Å². The van der Waals surface area contributed by atoms with Gasteiger partial charge in [0, 0.05) is 20.9 Å². The summed E-state index contributed by atoms with van der Waals surface area (Å²) >= 11 is 2.71. The lowest BCUT2D eigenvalue weighted by Gasteiger charge is -2.19. The van der Waals surface area contributed by atoms with Crippen LogP contribution >= 0.6 is 23.5 Å². The highest BCUT2D eigenvalue weighted by molar-refractivity contribution is 8.00. The third kappa shape index (κ3) is 10.8. The number of phenols is 2. The average Bonchev–Trinajstić information content (AvgIpc) is 3.13. The zero-order valence-electron chi connectivity index (χ0n) is 27.4. The molecule has 0 aliphatic heterocycles. The van der Waals surface area contributed by atoms with E-state index < -0.39 is 11.2 Å². The van der Waals surface area contributed by atoms with Crippen LogP contribution in [0.15, 0.2) is 82.6 Å². The topological polar surface area (TPSA) is 186 Å². The van der Waals surface area contributed by atoms with Crippen molar-refractivity contribution in [1.82, 2.24) is 0 Å². The van der Waals surface area contributed by atoms with Crippen molar-refractivity contribution in [3.8, 4) is 23.0 Å². The van der Waals surface area contributed by atoms with Gasteiger partial charge in [0.15, 0.2) is 0 Å². The average molecular weight is 715 g/mol. The minimum Gasteiger partial charge on any atom is -0.508 e. The van der Waals surface area contributed by atoms with E-state index in [2.05, 4.69) is 0 Å². The number of carbonyl (C=O) groups is 1. The number of aliphatic hydroxyl groups is 5. The summed E-state index contributed by atoms with van der Waals surface area (Å²) in [6, 6.07) is 20.1. The minimum atomic E-state index is -0.688. The van der Waals surface area contributed by atoms with Gasteiger partial charge in [-0.1, -0.05) is 12.1 Å². The lowest BCUT2D eigenvalue weighted by atomic mass is 10.0. The van der Waals surface area contributed by atoms with Crippen LogP contribution in [0.4, 0.5) is 0 Å². The molecule has 0 amide bonds. The molecule has 0 saturated carbocycles. The fraction of sp³-hybridized carbons (Fsp3) is 0.306. The highest BCUT2D eigenvalue weighted by Gasteiger charge is 2.26. The summed E-state index contributed by atoms with van der Waals surface area (Å²) in [6.45, 7) is 0.849. The molecular formula is C36H42O11S2. The normalized spacial score (nSPS) is 12.0. The van der Waals surface area contributed by atoms with Gasteiger partial charge in [0.1, 0.15) is 28.2 Å². The molecular weight excluding hydrogens is 673 g/mol. The second-order valence-corrected chi connectivity index (χ2v) is 12.8. The molecule has 0 aromatic heterocycles. The van der Waals surface area contributed by atoms with Crippen molar-refractivity contribution in [3.63, 3.8) is 0 Å². The largest absolute Gasteiger partial charge is 0.508 e. The van der Waals surface area contributed by atoms with Crippen LogP contribution in [-0.4, -0.2) is 69.1 Å². The summed E-state index contributed by atoms with van der Waals surface area (Å²) in [5.41, 5.74) is 3.48. The van der Waals surface area contributed by atoms with Gasteiger partial charge in [-0.2, -0.15) is 0 Å². The first-order valence-corrected chi connectivity index (χ1v) is 16.9. The first-order valence-electron chi connectivity index (χ1n) is 15.2. The van der Waals surface area contributed by atoms with Gasteiger partial charge in [-0.3, -0.25) is 4.79 Å². The fourth-order valence-corrected chi connectivity index (χ4v) is 6.80. The molecule has 49 heavy (non-hydrogen) atoms. The van der Waals surface area contributed by atoms with E-state index in [0.29, 0.717) is 39.3 Å². The number of rotatable bonds is 15. The molecule has 4 aromatic carbocycles. The van der Waals surface area contributed by atoms with Crippen LogP contribution in [0.5, 0.6) is 23.0 Å². The molecule has 13 heteroatoms. The van der Waals surface area contributed by atoms with Crippen molar-refractivity contribution >= 4 is 29.5 Å². The quantitative estimate of drug-likeness (QED) is 0.0646. The number of esters is 1. The zero-order chi connectivity index (χ0) is 35.9. The van der Waals surface area contributed by atoms with Crippen LogP contribution in [0.25, 0.3) is 0 Å². The maximum Gasteiger partial charge on any atom is 0.323 e. The molecule has 11 nitrogen and oxygen atoms in total. The van der Waals surface area contributed by atoms with Crippen molar-refractivity contribution in [2.45, 2.75) is 53.6 Å². The van der Waals surface area contributed by atoms with Crippen LogP contribution in [0, 0.1) is 0 Å². The maximum atomic E-state index is 12.5. The number of aliphatic hydroxyl groups excluding tert-OH is 5. The molecule has 0 fully saturated rings. The van der Waals surface area contributed by atoms with Gasteiger partial charge in [-0.15, -0.1) is 23.5 Å². The number of thioether (sulfide) groups is 2. The summed E-state index contributed by atoms with van der Waals surface area (Å²) in [6.07, 6.45) is 0. The Morgan fingerprint density at radius 2 is 1.10 bits per heavy atom. The van der Waals surface area contributed by atoms with Crippen molar-refractivity contribution < 1.29 is 54.8 Å². The Morgan fingerprint density at radius 1 is 0.653 bits per heavy atom. The summed E-state index contributed by atoms with van der Waals surface area (Å²) in [5.74, 6) is 0.784. The van der Waals surface area contributed by atoms with Crippen LogP contribution < -0.4 is 9.47 Å². The van der Waals surface area contributed by atoms with Gasteiger partial charge < -0.3 is 50.0 Å². The molecule has 0 spiro atoms. The molecule has 0 heterocycles. The van der Waals surface area contributed by atoms with E-state index in [0.717, 1.165) is 15.4 Å². The number of aromatic hydroxyl groups is 2. The Balaban J connectivity index is 0.000000267. The van der Waals surface area contributed by atoms with E-state index in [1.807, 2.05) is 0 Å². The SMILES string of the molecule is CCOC(=O)C(Sc1ccc(O)cc1)c1cc(CO)c(CO)c(OC)c1.COc1cc(C(CO)Sc2ccc(O)cc2)cc(CO)c1CO. The van der Waals surface area contributed by atoms with Crippen molar-refractivity contribution in [1.29, 1.82) is 0 Å². The molecule has 264 valence electrons. The predicted molar refractivity (Wildman–Crippen MR) is 187 cm³/mol. The second-order valence-electron chi connectivity index (χ2n) is 10.4. The van der Waals surface area contributed by atoms with Crippen LogP contribution in [-0.2, 0) is 36.0 Å². The van der Waals surface area contributed by atoms with Gasteiger partial charge in [0.05, 0.1) is 59.1 Å². The van der Waals surface area contributed by atoms with E-state index in [1.54, 1.807) is 79.7 Å². The number of ether oxygens (including phenoxy) is 3. The summed E-state index contributed by atoms with van der Waals surface area (Å²) in [5, 5.41) is 65.6. The highest BCUT2D eigenvalue weighted by atomic mass is 32.2. The number of benzene rings is 4. The number of methoxy groups -OCH3 is 2. The number of phenolic OH excluding ortho intramolecular Hbond substituents is 2. The van der Waals surface area contributed by atoms with Crippen molar-refractivity contribution in [3.05, 3.63) is 106 Å². The fourth-order valence-electron chi connectivity index (χ4n) is 4.83. The third-order valence-corrected chi connectivity index (χ3v) is 9.79. The van der Waals surface area contributed by atoms with Crippen LogP contribution in [0.2, 0.25) is 0 Å². The zero-order valence-corrected chi connectivity index (χ0v) is 29.0. The van der Waals surface area contributed by atoms with Gasteiger partial charge in [-0.25, -0.2) is 0 Å². The third-order valence-electron chi connectivity index (χ3n) is 7.29. The van der Waals surface area contributed by atoms with Gasteiger partial charge in [0.2, 0.25) is 0 Å². The molecule has 7 N–H and O–H groups in total. The number of hydrogen-bond donors (Lipinski definition) is 7. The Morgan fingerprint density at radius 3 is 1.51 bits per heavy atom. The van der Waals surface area contributed by atoms with E-state index in [4.69, 9.17) is 14.2 Å². The summed E-state index contributed by atoms with van der Waals surface area (Å²) < 4.78 is 15.8. The van der Waals surface area contributed by atoms with Gasteiger partial charge >= 0.3 is 5.97 Å². The summed E-state index contributed by atoms with van der Waals surface area (Å²) in [7, 11) is 2.96. The number of carbonyl (C=O) groups excluding carboxylic acids is 1. The molecule has 0 aliphatic rings. The molecule has 0 aliphatic carbocycles. The van der Waals surface area contributed by atoms with E-state index in [-0.39, 0.29) is 56.4 Å². The molecule has 0 radical (unpaired) electrons. The standard InChI is InChI=1S/C19H22O6S.C17H20O5S/c1-3-25-19(23)18(26-15-6-4-14(22)5-7-15)12-8-13(10-20)16(11-21)17(9-12)24-2;1-22-16-7-11(6-12(8-18)15(16)9-19)17(10-20)23-14-4-2-13(21)3-5-14/h4-9,18,20-22H,3,10-11H2,1-2H3;2-7,17-21H,8-10H2,1H3. The molecule has 4 aromatic rings. The Hall–Kier alpha value is -3.95. The van der Waals surface area contributed by atoms with Gasteiger partial charge in [0.25, 0.3) is 0 Å². The summed E-state index contributed by atoms with van der Waals surface area (Å²) in [4.78, 5) is 14.2. The van der Waals surface area contributed by atoms with Gasteiger partial charge in [-0.05, 0) is 89.8 Å². The molecule has 2 unspecified atom stereocenters. The molecule has 2 atom stereocenters. The number of hydrogen-bond acceptors (Lipinski definition) is 13. The minimum absolute atomic E-state index is 0.0992. The Bertz CT molecular complexity index is 1580. The predicted octanol–water partition coefficient (Wildman–Crippen LogP) is 4.99. The Kier molecular flexibility index (Phi) is 16.0. The molecule has 0 saturated heterocycles. The maximum absolute atomic E-state index is 12.5. The van der Waals surface area contributed by atoms with E-state index >= 15 is 0 Å². The van der Waals surface area contributed by atoms with Crippen molar-refractivity contribution in [2.75, 3.05) is 27.4 Å². The van der Waals surface area contributed by atoms with Crippen molar-refractivity contribution in [2.24, 2.45) is 0 Å².